The van der Waals surface area contributed by atoms with E-state index in [1.165, 1.54) is 24.2 Å². The number of hydrogen-bond acceptors (Lipinski definition) is 3. The first kappa shape index (κ1) is 19.7. The van der Waals surface area contributed by atoms with Gasteiger partial charge < -0.3 is 10.2 Å². The Kier molecular flexibility index (Phi) is 6.67. The van der Waals surface area contributed by atoms with E-state index in [0.29, 0.717) is 31.8 Å². The molecular weight excluding hydrogens is 415 g/mol. The second kappa shape index (κ2) is 8.79. The van der Waals surface area contributed by atoms with Crippen LogP contribution in [-0.2, 0) is 4.79 Å². The second-order valence-electron chi connectivity index (χ2n) is 6.31. The van der Waals surface area contributed by atoms with Gasteiger partial charge in [-0.15, -0.1) is 11.3 Å². The fourth-order valence-corrected chi connectivity index (χ4v) is 5.39. The van der Waals surface area contributed by atoms with E-state index in [4.69, 9.17) is 34.8 Å². The van der Waals surface area contributed by atoms with Crippen LogP contribution in [0.3, 0.4) is 0 Å². The van der Waals surface area contributed by atoms with Crippen molar-refractivity contribution < 1.29 is 9.59 Å². The first-order valence-corrected chi connectivity index (χ1v) is 10.6. The molecule has 1 saturated heterocycles. The van der Waals surface area contributed by atoms with Gasteiger partial charge in [0.2, 0.25) is 5.91 Å². The number of hydrogen-bond donors (Lipinski definition) is 1. The molecule has 1 aromatic carbocycles. The summed E-state index contributed by atoms with van der Waals surface area (Å²) in [5, 5.41) is 4.66. The monoisotopic (exact) mass is 432 g/mol. The molecule has 4 nitrogen and oxygen atoms in total. The van der Waals surface area contributed by atoms with Crippen LogP contribution in [0.25, 0.3) is 10.1 Å². The van der Waals surface area contributed by atoms with E-state index in [2.05, 4.69) is 5.32 Å². The highest BCUT2D eigenvalue weighted by Crippen LogP contribution is 2.41. The van der Waals surface area contributed by atoms with Gasteiger partial charge in [-0.1, -0.05) is 47.6 Å². The van der Waals surface area contributed by atoms with Gasteiger partial charge >= 0.3 is 0 Å². The van der Waals surface area contributed by atoms with Crippen molar-refractivity contribution in [2.75, 3.05) is 19.6 Å². The molecule has 0 bridgehead atoms. The Labute approximate surface area is 171 Å². The average Bonchev–Trinajstić information content (AvgIpc) is 2.77. The molecule has 8 heteroatoms. The minimum Gasteiger partial charge on any atom is -0.351 e. The molecule has 1 aliphatic heterocycles. The number of thiophene rings is 1. The third-order valence-electron chi connectivity index (χ3n) is 4.44. The summed E-state index contributed by atoms with van der Waals surface area (Å²) in [5.74, 6) is -0.212. The predicted molar refractivity (Wildman–Crippen MR) is 109 cm³/mol. The zero-order valence-corrected chi connectivity index (χ0v) is 17.2. The molecule has 1 aliphatic rings. The van der Waals surface area contributed by atoms with Crippen LogP contribution in [0, 0.1) is 0 Å². The molecule has 3 rings (SSSR count). The van der Waals surface area contributed by atoms with Crippen LogP contribution in [0.4, 0.5) is 0 Å². The maximum Gasteiger partial charge on any atom is 0.262 e. The summed E-state index contributed by atoms with van der Waals surface area (Å²) in [6.45, 7) is 1.91. The molecule has 0 saturated carbocycles. The second-order valence-corrected chi connectivity index (χ2v) is 8.58. The fraction of sp³-hybridized carbons (Fsp3) is 0.444. The van der Waals surface area contributed by atoms with E-state index in [9.17, 15) is 9.59 Å². The standard InChI is InChI=1S/C18H19Cl3N2O2S/c19-11-9-12(20)15-13(10-11)26-17(16(15)21)18(25)22-6-5-14(24)23-7-3-1-2-4-8-23/h9-10H,1-8H2,(H,22,25). The van der Waals surface area contributed by atoms with Crippen LogP contribution in [0.1, 0.15) is 41.8 Å². The van der Waals surface area contributed by atoms with Crippen molar-refractivity contribution in [1.29, 1.82) is 0 Å². The Morgan fingerprint density at radius 3 is 2.46 bits per heavy atom. The van der Waals surface area contributed by atoms with Crippen LogP contribution in [-0.4, -0.2) is 36.3 Å². The van der Waals surface area contributed by atoms with E-state index >= 15 is 0 Å². The molecule has 0 unspecified atom stereocenters. The summed E-state index contributed by atoms with van der Waals surface area (Å²) >= 11 is 19.8. The summed E-state index contributed by atoms with van der Waals surface area (Å²) in [7, 11) is 0. The van der Waals surface area contributed by atoms with Crippen molar-refractivity contribution in [1.82, 2.24) is 10.2 Å². The number of nitrogens with one attached hydrogen (secondary N) is 1. The fourth-order valence-electron chi connectivity index (χ4n) is 3.10. The highest BCUT2D eigenvalue weighted by Gasteiger charge is 2.20. The quantitative estimate of drug-likeness (QED) is 0.703. The maximum atomic E-state index is 12.5. The zero-order valence-electron chi connectivity index (χ0n) is 14.1. The minimum atomic E-state index is -0.299. The summed E-state index contributed by atoms with van der Waals surface area (Å²) in [5.41, 5.74) is 0. The highest BCUT2D eigenvalue weighted by atomic mass is 35.5. The highest BCUT2D eigenvalue weighted by molar-refractivity contribution is 7.21. The number of amides is 2. The molecule has 1 N–H and O–H groups in total. The van der Waals surface area contributed by atoms with Crippen molar-refractivity contribution in [2.45, 2.75) is 32.1 Å². The number of carbonyl (C=O) groups is 2. The topological polar surface area (TPSA) is 49.4 Å². The van der Waals surface area contributed by atoms with Crippen molar-refractivity contribution >= 4 is 68.0 Å². The van der Waals surface area contributed by atoms with E-state index in [0.717, 1.165) is 30.6 Å². The van der Waals surface area contributed by atoms with E-state index < -0.39 is 0 Å². The largest absolute Gasteiger partial charge is 0.351 e. The van der Waals surface area contributed by atoms with Gasteiger partial charge in [0.15, 0.2) is 0 Å². The Hall–Kier alpha value is -1.01. The number of halogens is 3. The maximum absolute atomic E-state index is 12.5. The van der Waals surface area contributed by atoms with E-state index in [1.807, 2.05) is 4.90 Å². The molecule has 0 spiro atoms. The Morgan fingerprint density at radius 1 is 1.08 bits per heavy atom. The van der Waals surface area contributed by atoms with Crippen molar-refractivity contribution in [3.05, 3.63) is 32.1 Å². The lowest BCUT2D eigenvalue weighted by atomic mass is 10.2. The number of carbonyl (C=O) groups excluding carboxylic acids is 2. The van der Waals surface area contributed by atoms with Gasteiger partial charge in [-0.05, 0) is 25.0 Å². The van der Waals surface area contributed by atoms with Crippen LogP contribution >= 0.6 is 46.1 Å². The number of likely N-dealkylation sites (tertiary alicyclic amines) is 1. The van der Waals surface area contributed by atoms with Crippen LogP contribution in [0.2, 0.25) is 15.1 Å². The van der Waals surface area contributed by atoms with Crippen LogP contribution in [0.5, 0.6) is 0 Å². The predicted octanol–water partition coefficient (Wildman–Crippen LogP) is 5.38. The molecule has 1 aromatic heterocycles. The molecule has 0 atom stereocenters. The third-order valence-corrected chi connectivity index (χ3v) is 6.58. The Bertz CT molecular complexity index is 829. The van der Waals surface area contributed by atoms with Gasteiger partial charge in [-0.2, -0.15) is 0 Å². The van der Waals surface area contributed by atoms with Crippen molar-refractivity contribution in [2.24, 2.45) is 0 Å². The lowest BCUT2D eigenvalue weighted by Gasteiger charge is -2.20. The molecule has 1 fully saturated rings. The van der Waals surface area contributed by atoms with Crippen molar-refractivity contribution in [3.63, 3.8) is 0 Å². The smallest absolute Gasteiger partial charge is 0.262 e. The molecule has 0 aliphatic carbocycles. The average molecular weight is 434 g/mol. The summed E-state index contributed by atoms with van der Waals surface area (Å²) in [6.07, 6.45) is 4.76. The first-order valence-electron chi connectivity index (χ1n) is 8.60. The number of rotatable bonds is 4. The van der Waals surface area contributed by atoms with Gasteiger partial charge in [-0.3, -0.25) is 9.59 Å². The molecular formula is C18H19Cl3N2O2S. The first-order chi connectivity index (χ1) is 12.5. The molecule has 0 radical (unpaired) electrons. The normalized spacial score (nSPS) is 15.1. The number of benzene rings is 1. The number of fused-ring (bicyclic) bond motifs is 1. The SMILES string of the molecule is O=C(NCCC(=O)N1CCCCCC1)c1sc2cc(Cl)cc(Cl)c2c1Cl. The van der Waals surface area contributed by atoms with Gasteiger partial charge in [0, 0.05) is 41.2 Å². The minimum absolute atomic E-state index is 0.0875. The van der Waals surface area contributed by atoms with Gasteiger partial charge in [-0.25, -0.2) is 0 Å². The van der Waals surface area contributed by atoms with Gasteiger partial charge in [0.05, 0.1) is 10.0 Å². The molecule has 26 heavy (non-hydrogen) atoms. The molecule has 140 valence electrons. The summed E-state index contributed by atoms with van der Waals surface area (Å²) in [4.78, 5) is 27.0. The van der Waals surface area contributed by atoms with E-state index in [1.54, 1.807) is 12.1 Å². The number of nitrogens with zero attached hydrogens (tertiary/aromatic N) is 1. The van der Waals surface area contributed by atoms with Crippen molar-refractivity contribution in [3.8, 4) is 0 Å². The summed E-state index contributed by atoms with van der Waals surface area (Å²) < 4.78 is 0.762. The molecule has 2 heterocycles. The lowest BCUT2D eigenvalue weighted by molar-refractivity contribution is -0.131. The zero-order chi connectivity index (χ0) is 18.7. The molecule has 2 aromatic rings. The van der Waals surface area contributed by atoms with E-state index in [-0.39, 0.29) is 18.4 Å². The Balaban J connectivity index is 1.61. The van der Waals surface area contributed by atoms with Gasteiger partial charge in [0.1, 0.15) is 4.88 Å². The third kappa shape index (κ3) is 4.45. The summed E-state index contributed by atoms with van der Waals surface area (Å²) in [6, 6.07) is 3.34. The Morgan fingerprint density at radius 2 is 1.77 bits per heavy atom. The lowest BCUT2D eigenvalue weighted by Crippen LogP contribution is -2.35. The molecule has 2 amide bonds. The van der Waals surface area contributed by atoms with Gasteiger partial charge in [0.25, 0.3) is 5.91 Å². The van der Waals surface area contributed by atoms with Crippen LogP contribution < -0.4 is 5.32 Å². The van der Waals surface area contributed by atoms with Crippen LogP contribution in [0.15, 0.2) is 12.1 Å².